The molecule has 2 heterocycles. The molecule has 1 amide bonds. The van der Waals surface area contributed by atoms with E-state index in [0.717, 1.165) is 41.0 Å². The van der Waals surface area contributed by atoms with Gasteiger partial charge in [-0.1, -0.05) is 38.0 Å². The molecular formula is C17H19N3OS. The summed E-state index contributed by atoms with van der Waals surface area (Å²) in [6.45, 7) is 2.15. The topological polar surface area (TPSA) is 57.8 Å². The van der Waals surface area contributed by atoms with E-state index in [1.54, 1.807) is 0 Å². The molecule has 0 aliphatic rings. The number of fused-ring (bicyclic) bond motifs is 1. The van der Waals surface area contributed by atoms with Crippen molar-refractivity contribution < 1.29 is 4.79 Å². The summed E-state index contributed by atoms with van der Waals surface area (Å²) in [6, 6.07) is 11.6. The summed E-state index contributed by atoms with van der Waals surface area (Å²) in [5.74, 6) is 0.802. The Morgan fingerprint density at radius 1 is 1.32 bits per heavy atom. The average Bonchev–Trinajstić information content (AvgIpc) is 3.19. The normalized spacial score (nSPS) is 12.4. The summed E-state index contributed by atoms with van der Waals surface area (Å²) in [5, 5.41) is 5.02. The second-order valence-corrected chi connectivity index (χ2v) is 6.23. The summed E-state index contributed by atoms with van der Waals surface area (Å²) in [7, 11) is 0. The van der Waals surface area contributed by atoms with E-state index in [-0.39, 0.29) is 11.9 Å². The van der Waals surface area contributed by atoms with Crippen molar-refractivity contribution in [1.82, 2.24) is 15.3 Å². The van der Waals surface area contributed by atoms with E-state index in [0.29, 0.717) is 0 Å². The van der Waals surface area contributed by atoms with E-state index in [9.17, 15) is 4.79 Å². The Hall–Kier alpha value is -2.14. The molecule has 0 saturated carbocycles. The lowest BCUT2D eigenvalue weighted by atomic mass is 10.1. The van der Waals surface area contributed by atoms with E-state index < -0.39 is 0 Å². The second-order valence-electron chi connectivity index (χ2n) is 5.28. The number of unbranched alkanes of at least 4 members (excludes halogenated alkanes) is 1. The van der Waals surface area contributed by atoms with Gasteiger partial charge < -0.3 is 10.3 Å². The molecular weight excluding hydrogens is 294 g/mol. The Morgan fingerprint density at radius 2 is 2.18 bits per heavy atom. The van der Waals surface area contributed by atoms with Crippen LogP contribution in [0.15, 0.2) is 41.8 Å². The van der Waals surface area contributed by atoms with Crippen molar-refractivity contribution in [2.75, 3.05) is 0 Å². The van der Waals surface area contributed by atoms with Crippen molar-refractivity contribution in [1.29, 1.82) is 0 Å². The maximum Gasteiger partial charge on any atom is 0.261 e. The molecule has 2 aromatic heterocycles. The van der Waals surface area contributed by atoms with Crippen LogP contribution in [-0.4, -0.2) is 15.9 Å². The molecule has 0 bridgehead atoms. The summed E-state index contributed by atoms with van der Waals surface area (Å²) in [5.41, 5.74) is 1.94. The third-order valence-corrected chi connectivity index (χ3v) is 4.50. The fourth-order valence-electron chi connectivity index (χ4n) is 2.46. The van der Waals surface area contributed by atoms with Crippen LogP contribution in [0, 0.1) is 0 Å². The minimum atomic E-state index is -0.0815. The van der Waals surface area contributed by atoms with Crippen molar-refractivity contribution >= 4 is 28.3 Å². The van der Waals surface area contributed by atoms with E-state index in [1.165, 1.54) is 11.3 Å². The number of aromatic nitrogens is 2. The SMILES string of the molecule is CCCC[C@@H](NC(=O)c1cccs1)c1nc2ccccc2[nH]1. The molecule has 3 rings (SSSR count). The largest absolute Gasteiger partial charge is 0.341 e. The van der Waals surface area contributed by atoms with Crippen molar-refractivity contribution in [3.8, 4) is 0 Å². The third-order valence-electron chi connectivity index (χ3n) is 3.63. The Balaban J connectivity index is 1.83. The van der Waals surface area contributed by atoms with Gasteiger partial charge in [0.15, 0.2) is 0 Å². The zero-order valence-corrected chi connectivity index (χ0v) is 13.3. The quantitative estimate of drug-likeness (QED) is 0.713. The Morgan fingerprint density at radius 3 is 2.91 bits per heavy atom. The number of rotatable bonds is 6. The van der Waals surface area contributed by atoms with Gasteiger partial charge in [0.1, 0.15) is 5.82 Å². The predicted octanol–water partition coefficient (Wildman–Crippen LogP) is 4.29. The van der Waals surface area contributed by atoms with Crippen LogP contribution in [-0.2, 0) is 0 Å². The molecule has 0 fully saturated rings. The highest BCUT2D eigenvalue weighted by molar-refractivity contribution is 7.12. The third kappa shape index (κ3) is 3.20. The Kier molecular flexibility index (Phi) is 4.53. The molecule has 5 heteroatoms. The second kappa shape index (κ2) is 6.75. The van der Waals surface area contributed by atoms with Gasteiger partial charge in [0.2, 0.25) is 0 Å². The molecule has 3 aromatic rings. The number of carbonyl (C=O) groups excluding carboxylic acids is 1. The van der Waals surface area contributed by atoms with E-state index >= 15 is 0 Å². The number of aromatic amines is 1. The summed E-state index contributed by atoms with van der Waals surface area (Å²) in [6.07, 6.45) is 3.02. The van der Waals surface area contributed by atoms with Crippen LogP contribution in [0.3, 0.4) is 0 Å². The van der Waals surface area contributed by atoms with Crippen LogP contribution in [0.4, 0.5) is 0 Å². The molecule has 22 heavy (non-hydrogen) atoms. The lowest BCUT2D eigenvalue weighted by Gasteiger charge is -2.15. The van der Waals surface area contributed by atoms with Crippen molar-refractivity contribution in [3.63, 3.8) is 0 Å². The molecule has 0 aliphatic heterocycles. The number of carbonyl (C=O) groups is 1. The lowest BCUT2D eigenvalue weighted by Crippen LogP contribution is -2.28. The van der Waals surface area contributed by atoms with Gasteiger partial charge >= 0.3 is 0 Å². The molecule has 0 saturated heterocycles. The first-order valence-corrected chi connectivity index (χ1v) is 8.45. The van der Waals surface area contributed by atoms with Gasteiger partial charge in [0.25, 0.3) is 5.91 Å². The van der Waals surface area contributed by atoms with Gasteiger partial charge in [0, 0.05) is 0 Å². The van der Waals surface area contributed by atoms with Crippen LogP contribution < -0.4 is 5.32 Å². The summed E-state index contributed by atoms with van der Waals surface area (Å²) < 4.78 is 0. The monoisotopic (exact) mass is 313 g/mol. The highest BCUT2D eigenvalue weighted by Crippen LogP contribution is 2.21. The van der Waals surface area contributed by atoms with Crippen molar-refractivity contribution in [2.24, 2.45) is 0 Å². The van der Waals surface area contributed by atoms with Crippen LogP contribution in [0.25, 0.3) is 11.0 Å². The Bertz CT molecular complexity index is 715. The molecule has 0 radical (unpaired) electrons. The first kappa shape index (κ1) is 14.8. The van der Waals surface area contributed by atoms with E-state index in [1.807, 2.05) is 41.8 Å². The number of H-pyrrole nitrogens is 1. The molecule has 2 N–H and O–H groups in total. The standard InChI is InChI=1S/C17H19N3OS/c1-2-3-7-14(20-17(21)15-10-6-11-22-15)16-18-12-8-4-5-9-13(12)19-16/h4-6,8-11,14H,2-3,7H2,1H3,(H,18,19)(H,20,21)/t14-/m1/s1. The fourth-order valence-corrected chi connectivity index (χ4v) is 3.09. The minimum absolute atomic E-state index is 0.0310. The van der Waals surface area contributed by atoms with Crippen LogP contribution >= 0.6 is 11.3 Å². The average molecular weight is 313 g/mol. The predicted molar refractivity (Wildman–Crippen MR) is 90.1 cm³/mol. The van der Waals surface area contributed by atoms with E-state index in [4.69, 9.17) is 0 Å². The number of thiophene rings is 1. The molecule has 114 valence electrons. The molecule has 1 atom stereocenters. The fraction of sp³-hybridized carbons (Fsp3) is 0.294. The zero-order chi connectivity index (χ0) is 15.4. The van der Waals surface area contributed by atoms with E-state index in [2.05, 4.69) is 22.2 Å². The number of imidazole rings is 1. The first-order chi connectivity index (χ1) is 10.8. The van der Waals surface area contributed by atoms with Crippen LogP contribution in [0.5, 0.6) is 0 Å². The molecule has 0 spiro atoms. The van der Waals surface area contributed by atoms with Gasteiger partial charge in [-0.3, -0.25) is 4.79 Å². The highest BCUT2D eigenvalue weighted by Gasteiger charge is 2.19. The number of amides is 1. The smallest absolute Gasteiger partial charge is 0.261 e. The van der Waals surface area contributed by atoms with Crippen molar-refractivity contribution in [2.45, 2.75) is 32.2 Å². The van der Waals surface area contributed by atoms with Crippen LogP contribution in [0.1, 0.15) is 47.7 Å². The maximum absolute atomic E-state index is 12.3. The Labute approximate surface area is 133 Å². The van der Waals surface area contributed by atoms with Gasteiger partial charge in [-0.2, -0.15) is 0 Å². The number of hydrogen-bond acceptors (Lipinski definition) is 3. The lowest BCUT2D eigenvalue weighted by molar-refractivity contribution is 0.0936. The van der Waals surface area contributed by atoms with Gasteiger partial charge in [-0.05, 0) is 30.0 Å². The summed E-state index contributed by atoms with van der Waals surface area (Å²) in [4.78, 5) is 21.0. The van der Waals surface area contributed by atoms with Gasteiger partial charge in [-0.15, -0.1) is 11.3 Å². The maximum atomic E-state index is 12.3. The number of nitrogens with one attached hydrogen (secondary N) is 2. The molecule has 0 unspecified atom stereocenters. The number of para-hydroxylation sites is 2. The van der Waals surface area contributed by atoms with Gasteiger partial charge in [-0.25, -0.2) is 4.98 Å². The van der Waals surface area contributed by atoms with Crippen LogP contribution in [0.2, 0.25) is 0 Å². The molecule has 0 aliphatic carbocycles. The number of benzene rings is 1. The molecule has 4 nitrogen and oxygen atoms in total. The highest BCUT2D eigenvalue weighted by atomic mass is 32.1. The zero-order valence-electron chi connectivity index (χ0n) is 12.5. The van der Waals surface area contributed by atoms with Gasteiger partial charge in [0.05, 0.1) is 22.0 Å². The minimum Gasteiger partial charge on any atom is -0.341 e. The number of hydrogen-bond donors (Lipinski definition) is 2. The summed E-state index contributed by atoms with van der Waals surface area (Å²) >= 11 is 1.45. The van der Waals surface area contributed by atoms with Crippen molar-refractivity contribution in [3.05, 3.63) is 52.5 Å². The first-order valence-electron chi connectivity index (χ1n) is 7.57. The molecule has 1 aromatic carbocycles. The number of nitrogens with zero attached hydrogens (tertiary/aromatic N) is 1.